The van der Waals surface area contributed by atoms with Crippen LogP contribution in [0.2, 0.25) is 5.02 Å². The van der Waals surface area contributed by atoms with Gasteiger partial charge in [0.1, 0.15) is 12.2 Å². The SMILES string of the molecule is CCCCc1ccc(NC(=O)CN2C(=O)CC(c3cccc(Cl)c3)=Nc3cccnc32)cc1. The van der Waals surface area contributed by atoms with Gasteiger partial charge in [0.25, 0.3) is 0 Å². The number of aromatic nitrogens is 1. The number of hydrogen-bond acceptors (Lipinski definition) is 4. The number of pyridine rings is 1. The van der Waals surface area contributed by atoms with Gasteiger partial charge in [-0.05, 0) is 60.4 Å². The lowest BCUT2D eigenvalue weighted by Crippen LogP contribution is -2.39. The lowest BCUT2D eigenvalue weighted by Gasteiger charge is -2.20. The number of halogens is 1. The molecule has 0 saturated heterocycles. The Labute approximate surface area is 198 Å². The van der Waals surface area contributed by atoms with E-state index in [-0.39, 0.29) is 24.8 Å². The predicted octanol–water partition coefficient (Wildman–Crippen LogP) is 5.57. The van der Waals surface area contributed by atoms with Crippen molar-refractivity contribution in [2.24, 2.45) is 4.99 Å². The van der Waals surface area contributed by atoms with Gasteiger partial charge in [-0.1, -0.05) is 49.2 Å². The van der Waals surface area contributed by atoms with E-state index in [4.69, 9.17) is 11.6 Å². The lowest BCUT2D eigenvalue weighted by atomic mass is 10.1. The molecule has 1 aromatic heterocycles. The second-order valence-corrected chi connectivity index (χ2v) is 8.36. The number of benzene rings is 2. The number of nitrogens with zero attached hydrogens (tertiary/aromatic N) is 3. The Morgan fingerprint density at radius 2 is 1.94 bits per heavy atom. The molecule has 0 bridgehead atoms. The largest absolute Gasteiger partial charge is 0.325 e. The minimum Gasteiger partial charge on any atom is -0.325 e. The molecule has 7 heteroatoms. The summed E-state index contributed by atoms with van der Waals surface area (Å²) in [6.45, 7) is 2.01. The number of fused-ring (bicyclic) bond motifs is 1. The number of unbranched alkanes of at least 4 members (excludes halogenated alkanes) is 1. The fourth-order valence-electron chi connectivity index (χ4n) is 3.70. The summed E-state index contributed by atoms with van der Waals surface area (Å²) in [7, 11) is 0. The Bertz CT molecular complexity index is 1190. The molecule has 33 heavy (non-hydrogen) atoms. The molecule has 168 valence electrons. The number of carbonyl (C=O) groups excluding carboxylic acids is 2. The van der Waals surface area contributed by atoms with E-state index in [1.807, 2.05) is 36.4 Å². The van der Waals surface area contributed by atoms with Crippen LogP contribution in [-0.4, -0.2) is 29.1 Å². The third-order valence-corrected chi connectivity index (χ3v) is 5.65. The van der Waals surface area contributed by atoms with E-state index in [0.29, 0.717) is 27.9 Å². The van der Waals surface area contributed by atoms with E-state index in [9.17, 15) is 9.59 Å². The van der Waals surface area contributed by atoms with E-state index in [0.717, 1.165) is 24.8 Å². The lowest BCUT2D eigenvalue weighted by molar-refractivity contribution is -0.120. The minimum absolute atomic E-state index is 0.0378. The fourth-order valence-corrected chi connectivity index (χ4v) is 3.89. The topological polar surface area (TPSA) is 74.7 Å². The molecule has 1 aliphatic rings. The van der Waals surface area contributed by atoms with Crippen LogP contribution < -0.4 is 10.2 Å². The second kappa shape index (κ2) is 10.4. The van der Waals surface area contributed by atoms with Crippen LogP contribution in [0.25, 0.3) is 0 Å². The van der Waals surface area contributed by atoms with Crippen molar-refractivity contribution < 1.29 is 9.59 Å². The first kappa shape index (κ1) is 22.7. The average molecular weight is 461 g/mol. The predicted molar refractivity (Wildman–Crippen MR) is 133 cm³/mol. The molecule has 1 aliphatic heterocycles. The van der Waals surface area contributed by atoms with Crippen molar-refractivity contribution in [2.45, 2.75) is 32.6 Å². The molecular weight excluding hydrogens is 436 g/mol. The van der Waals surface area contributed by atoms with Crippen molar-refractivity contribution in [3.8, 4) is 0 Å². The van der Waals surface area contributed by atoms with Crippen molar-refractivity contribution in [1.82, 2.24) is 4.98 Å². The van der Waals surface area contributed by atoms with Gasteiger partial charge in [-0.3, -0.25) is 14.5 Å². The third-order valence-electron chi connectivity index (χ3n) is 5.41. The first-order chi connectivity index (χ1) is 16.0. The quantitative estimate of drug-likeness (QED) is 0.500. The smallest absolute Gasteiger partial charge is 0.244 e. The highest BCUT2D eigenvalue weighted by Crippen LogP contribution is 2.31. The van der Waals surface area contributed by atoms with E-state index in [1.165, 1.54) is 10.5 Å². The maximum Gasteiger partial charge on any atom is 0.244 e. The zero-order valence-corrected chi connectivity index (χ0v) is 19.2. The number of anilines is 2. The van der Waals surface area contributed by atoms with Gasteiger partial charge < -0.3 is 5.32 Å². The number of aliphatic imine (C=N–C) groups is 1. The summed E-state index contributed by atoms with van der Waals surface area (Å²) in [5, 5.41) is 3.44. The van der Waals surface area contributed by atoms with Gasteiger partial charge in [0.05, 0.1) is 12.1 Å². The first-order valence-electron chi connectivity index (χ1n) is 11.0. The number of carbonyl (C=O) groups is 2. The molecule has 1 N–H and O–H groups in total. The Kier molecular flexibility index (Phi) is 7.15. The average Bonchev–Trinajstić information content (AvgIpc) is 2.95. The van der Waals surface area contributed by atoms with E-state index < -0.39 is 0 Å². The molecule has 2 aromatic carbocycles. The maximum atomic E-state index is 13.2. The van der Waals surface area contributed by atoms with Gasteiger partial charge in [-0.15, -0.1) is 0 Å². The molecule has 0 unspecified atom stereocenters. The van der Waals surface area contributed by atoms with Crippen LogP contribution in [0, 0.1) is 0 Å². The van der Waals surface area contributed by atoms with Gasteiger partial charge >= 0.3 is 0 Å². The molecule has 2 amide bonds. The van der Waals surface area contributed by atoms with E-state index in [2.05, 4.69) is 22.2 Å². The Morgan fingerprint density at radius 1 is 1.12 bits per heavy atom. The Morgan fingerprint density at radius 3 is 2.70 bits per heavy atom. The van der Waals surface area contributed by atoms with Crippen LogP contribution >= 0.6 is 11.6 Å². The molecule has 0 radical (unpaired) electrons. The third kappa shape index (κ3) is 5.65. The van der Waals surface area contributed by atoms with E-state index in [1.54, 1.807) is 30.5 Å². The molecule has 0 fully saturated rings. The summed E-state index contributed by atoms with van der Waals surface area (Å²) in [6, 6.07) is 18.6. The van der Waals surface area contributed by atoms with Crippen molar-refractivity contribution in [3.05, 3.63) is 83.0 Å². The molecular formula is C26H25ClN4O2. The zero-order valence-electron chi connectivity index (χ0n) is 18.4. The number of amides is 2. The van der Waals surface area contributed by atoms with Gasteiger partial charge in [0.15, 0.2) is 5.82 Å². The number of aryl methyl sites for hydroxylation is 1. The summed E-state index contributed by atoms with van der Waals surface area (Å²) in [5.74, 6) is -0.187. The molecule has 0 saturated carbocycles. The number of nitrogens with one attached hydrogen (secondary N) is 1. The number of rotatable bonds is 7. The monoisotopic (exact) mass is 460 g/mol. The van der Waals surface area contributed by atoms with Gasteiger partial charge in [-0.2, -0.15) is 0 Å². The standard InChI is InChI=1S/C26H25ClN4O2/c1-2-3-6-18-10-12-21(13-11-18)29-24(32)17-31-25(33)16-23(19-7-4-8-20(27)15-19)30-22-9-5-14-28-26(22)31/h4-5,7-15H,2-3,6,16-17H2,1H3,(H,29,32). The van der Waals surface area contributed by atoms with Gasteiger partial charge in [-0.25, -0.2) is 9.98 Å². The van der Waals surface area contributed by atoms with Crippen LogP contribution in [-0.2, 0) is 16.0 Å². The van der Waals surface area contributed by atoms with Crippen LogP contribution in [0.1, 0.15) is 37.3 Å². The highest BCUT2D eigenvalue weighted by Gasteiger charge is 2.27. The van der Waals surface area contributed by atoms with E-state index >= 15 is 0 Å². The van der Waals surface area contributed by atoms with Crippen molar-refractivity contribution in [3.63, 3.8) is 0 Å². The summed E-state index contributed by atoms with van der Waals surface area (Å²) >= 11 is 6.14. The van der Waals surface area contributed by atoms with Crippen molar-refractivity contribution >= 4 is 46.3 Å². The molecule has 6 nitrogen and oxygen atoms in total. The highest BCUT2D eigenvalue weighted by atomic mass is 35.5. The minimum atomic E-state index is -0.299. The summed E-state index contributed by atoms with van der Waals surface area (Å²) in [4.78, 5) is 36.4. The fraction of sp³-hybridized carbons (Fsp3) is 0.231. The molecule has 2 heterocycles. The highest BCUT2D eigenvalue weighted by molar-refractivity contribution is 6.31. The van der Waals surface area contributed by atoms with Crippen molar-refractivity contribution in [1.29, 1.82) is 0 Å². The summed E-state index contributed by atoms with van der Waals surface area (Å²) in [6.07, 6.45) is 4.92. The van der Waals surface area contributed by atoms with Gasteiger partial charge in [0, 0.05) is 16.9 Å². The Hall–Kier alpha value is -3.51. The summed E-state index contributed by atoms with van der Waals surface area (Å²) < 4.78 is 0. The normalized spacial score (nSPS) is 13.2. The Balaban J connectivity index is 1.52. The maximum absolute atomic E-state index is 13.2. The second-order valence-electron chi connectivity index (χ2n) is 7.92. The van der Waals surface area contributed by atoms with Gasteiger partial charge in [0.2, 0.25) is 11.8 Å². The zero-order chi connectivity index (χ0) is 23.2. The number of hydrogen-bond donors (Lipinski definition) is 1. The molecule has 0 spiro atoms. The summed E-state index contributed by atoms with van der Waals surface area (Å²) in [5.41, 5.74) is 3.81. The molecule has 0 aliphatic carbocycles. The van der Waals surface area contributed by atoms with Crippen LogP contribution in [0.5, 0.6) is 0 Å². The van der Waals surface area contributed by atoms with Crippen LogP contribution in [0.3, 0.4) is 0 Å². The van der Waals surface area contributed by atoms with Crippen molar-refractivity contribution in [2.75, 3.05) is 16.8 Å². The first-order valence-corrected chi connectivity index (χ1v) is 11.4. The molecule has 4 rings (SSSR count). The van der Waals surface area contributed by atoms with Crippen LogP contribution in [0.4, 0.5) is 17.2 Å². The molecule has 3 aromatic rings. The van der Waals surface area contributed by atoms with Crippen LogP contribution in [0.15, 0.2) is 71.9 Å². The molecule has 0 atom stereocenters.